The highest BCUT2D eigenvalue weighted by Gasteiger charge is 2.12. The largest absolute Gasteiger partial charge is 0.327 e. The first kappa shape index (κ1) is 10.6. The van der Waals surface area contributed by atoms with E-state index in [-0.39, 0.29) is 0 Å². The Bertz CT molecular complexity index is 284. The first-order valence-corrected chi connectivity index (χ1v) is 5.50. The van der Waals surface area contributed by atoms with Gasteiger partial charge in [0.15, 0.2) is 5.16 Å². The van der Waals surface area contributed by atoms with Crippen molar-refractivity contribution in [3.05, 3.63) is 11.9 Å². The summed E-state index contributed by atoms with van der Waals surface area (Å²) in [6.45, 7) is 8.82. The normalized spacial score (nSPS) is 12.1. The van der Waals surface area contributed by atoms with Crippen LogP contribution < -0.4 is 0 Å². The van der Waals surface area contributed by atoms with Gasteiger partial charge in [0.25, 0.3) is 0 Å². The van der Waals surface area contributed by atoms with Crippen molar-refractivity contribution in [2.75, 3.05) is 5.75 Å². The van der Waals surface area contributed by atoms with E-state index in [0.717, 1.165) is 10.9 Å². The van der Waals surface area contributed by atoms with Crippen LogP contribution in [-0.4, -0.2) is 15.3 Å². The molecule has 0 aliphatic heterocycles. The van der Waals surface area contributed by atoms with Gasteiger partial charge in [-0.2, -0.15) is 0 Å². The number of rotatable bonds is 2. The van der Waals surface area contributed by atoms with Crippen molar-refractivity contribution in [2.45, 2.75) is 32.9 Å². The summed E-state index contributed by atoms with van der Waals surface area (Å²) in [4.78, 5) is 4.34. The van der Waals surface area contributed by atoms with Gasteiger partial charge in [-0.3, -0.25) is 0 Å². The Hall–Kier alpha value is -0.440. The molecule has 13 heavy (non-hydrogen) atoms. The van der Waals surface area contributed by atoms with E-state index in [9.17, 15) is 0 Å². The molecule has 0 amide bonds. The number of hydrogen-bond acceptors (Lipinski definition) is 2. The molecule has 3 heteroatoms. The van der Waals surface area contributed by atoms with Crippen LogP contribution in [0, 0.1) is 12.3 Å². The van der Waals surface area contributed by atoms with E-state index >= 15 is 0 Å². The second kappa shape index (κ2) is 3.74. The Kier molecular flexibility index (Phi) is 3.06. The minimum absolute atomic E-state index is 0.366. The molecule has 0 saturated heterocycles. The maximum atomic E-state index is 4.34. The standard InChI is InChI=1S/C10H18N2S/c1-8-6-11-9(12(8)5)13-7-10(2,3)4/h6H,7H2,1-5H3. The molecule has 0 saturated carbocycles. The number of thioether (sulfide) groups is 1. The zero-order valence-corrected chi connectivity index (χ0v) is 9.90. The fourth-order valence-electron chi connectivity index (χ4n) is 0.888. The average Bonchev–Trinajstić information content (AvgIpc) is 2.29. The molecule has 0 N–H and O–H groups in total. The van der Waals surface area contributed by atoms with Crippen LogP contribution in [0.4, 0.5) is 0 Å². The molecule has 0 bridgehead atoms. The van der Waals surface area contributed by atoms with Crippen LogP contribution in [0.5, 0.6) is 0 Å². The molecular weight excluding hydrogens is 180 g/mol. The van der Waals surface area contributed by atoms with E-state index in [4.69, 9.17) is 0 Å². The van der Waals surface area contributed by atoms with Gasteiger partial charge in [-0.1, -0.05) is 32.5 Å². The van der Waals surface area contributed by atoms with E-state index in [1.165, 1.54) is 5.69 Å². The molecule has 0 spiro atoms. The summed E-state index contributed by atoms with van der Waals surface area (Å²) in [5.41, 5.74) is 1.58. The van der Waals surface area contributed by atoms with Crippen LogP contribution in [0.2, 0.25) is 0 Å². The second-order valence-electron chi connectivity index (χ2n) is 4.59. The Morgan fingerprint density at radius 2 is 2.08 bits per heavy atom. The predicted octanol–water partition coefficient (Wildman–Crippen LogP) is 2.87. The first-order chi connectivity index (χ1) is 5.90. The molecule has 1 heterocycles. The molecule has 0 radical (unpaired) electrons. The van der Waals surface area contributed by atoms with E-state index in [1.54, 1.807) is 0 Å². The quantitative estimate of drug-likeness (QED) is 0.680. The summed E-state index contributed by atoms with van der Waals surface area (Å²) in [7, 11) is 2.06. The lowest BCUT2D eigenvalue weighted by Gasteiger charge is -2.16. The Morgan fingerprint density at radius 3 is 2.46 bits per heavy atom. The van der Waals surface area contributed by atoms with Gasteiger partial charge in [0, 0.05) is 24.7 Å². The van der Waals surface area contributed by atoms with Gasteiger partial charge in [0.1, 0.15) is 0 Å². The summed E-state index contributed by atoms with van der Waals surface area (Å²) < 4.78 is 2.14. The van der Waals surface area contributed by atoms with Crippen molar-refractivity contribution in [2.24, 2.45) is 12.5 Å². The molecule has 0 aromatic carbocycles. The summed E-state index contributed by atoms with van der Waals surface area (Å²) in [6.07, 6.45) is 1.92. The number of aromatic nitrogens is 2. The zero-order chi connectivity index (χ0) is 10.1. The van der Waals surface area contributed by atoms with Gasteiger partial charge >= 0.3 is 0 Å². The molecule has 1 aromatic rings. The third kappa shape index (κ3) is 3.07. The zero-order valence-electron chi connectivity index (χ0n) is 9.09. The topological polar surface area (TPSA) is 17.8 Å². The lowest BCUT2D eigenvalue weighted by Crippen LogP contribution is -2.09. The molecule has 2 nitrogen and oxygen atoms in total. The van der Waals surface area contributed by atoms with Crippen LogP contribution in [-0.2, 0) is 7.05 Å². The SMILES string of the molecule is Cc1cnc(SCC(C)(C)C)n1C. The summed E-state index contributed by atoms with van der Waals surface area (Å²) in [5.74, 6) is 1.11. The monoisotopic (exact) mass is 198 g/mol. The molecule has 0 atom stereocenters. The summed E-state index contributed by atoms with van der Waals surface area (Å²) in [5, 5.41) is 1.12. The van der Waals surface area contributed by atoms with E-state index < -0.39 is 0 Å². The second-order valence-corrected chi connectivity index (χ2v) is 5.53. The average molecular weight is 198 g/mol. The van der Waals surface area contributed by atoms with Crippen LogP contribution in [0.3, 0.4) is 0 Å². The predicted molar refractivity (Wildman–Crippen MR) is 58.1 cm³/mol. The maximum Gasteiger partial charge on any atom is 0.167 e. The van der Waals surface area contributed by atoms with Crippen LogP contribution in [0.15, 0.2) is 11.4 Å². The Labute approximate surface area is 84.7 Å². The fourth-order valence-corrected chi connectivity index (χ4v) is 1.91. The van der Waals surface area contributed by atoms with Crippen LogP contribution in [0.1, 0.15) is 26.5 Å². The Balaban J connectivity index is 2.60. The lowest BCUT2D eigenvalue weighted by molar-refractivity contribution is 0.480. The third-order valence-electron chi connectivity index (χ3n) is 1.81. The Morgan fingerprint density at radius 1 is 1.46 bits per heavy atom. The van der Waals surface area contributed by atoms with Gasteiger partial charge in [0.2, 0.25) is 0 Å². The highest BCUT2D eigenvalue weighted by molar-refractivity contribution is 7.99. The molecule has 1 rings (SSSR count). The van der Waals surface area contributed by atoms with Gasteiger partial charge < -0.3 is 4.57 Å². The molecule has 74 valence electrons. The van der Waals surface area contributed by atoms with E-state index in [0.29, 0.717) is 5.41 Å². The van der Waals surface area contributed by atoms with E-state index in [1.807, 2.05) is 18.0 Å². The van der Waals surface area contributed by atoms with Crippen molar-refractivity contribution in [3.63, 3.8) is 0 Å². The van der Waals surface area contributed by atoms with Gasteiger partial charge in [-0.25, -0.2) is 4.98 Å². The van der Waals surface area contributed by atoms with Gasteiger partial charge in [-0.05, 0) is 12.3 Å². The smallest absolute Gasteiger partial charge is 0.167 e. The van der Waals surface area contributed by atoms with Crippen molar-refractivity contribution in [3.8, 4) is 0 Å². The number of imidazole rings is 1. The molecular formula is C10H18N2S. The summed E-state index contributed by atoms with van der Waals surface area (Å²) >= 11 is 1.83. The lowest BCUT2D eigenvalue weighted by atomic mass is 10.0. The first-order valence-electron chi connectivity index (χ1n) is 4.51. The summed E-state index contributed by atoms with van der Waals surface area (Å²) in [6, 6.07) is 0. The highest BCUT2D eigenvalue weighted by atomic mass is 32.2. The molecule has 1 aromatic heterocycles. The molecule has 0 unspecified atom stereocenters. The van der Waals surface area contributed by atoms with Crippen molar-refractivity contribution < 1.29 is 0 Å². The molecule has 0 aliphatic carbocycles. The number of aryl methyl sites for hydroxylation is 1. The molecule has 0 fully saturated rings. The minimum Gasteiger partial charge on any atom is -0.327 e. The van der Waals surface area contributed by atoms with Crippen LogP contribution in [0.25, 0.3) is 0 Å². The van der Waals surface area contributed by atoms with E-state index in [2.05, 4.69) is 44.3 Å². The van der Waals surface area contributed by atoms with Crippen molar-refractivity contribution in [1.82, 2.24) is 9.55 Å². The van der Waals surface area contributed by atoms with Gasteiger partial charge in [-0.15, -0.1) is 0 Å². The van der Waals surface area contributed by atoms with Crippen molar-refractivity contribution >= 4 is 11.8 Å². The van der Waals surface area contributed by atoms with Crippen LogP contribution >= 0.6 is 11.8 Å². The third-order valence-corrected chi connectivity index (χ3v) is 3.46. The molecule has 0 aliphatic rings. The number of nitrogens with zero attached hydrogens (tertiary/aromatic N) is 2. The minimum atomic E-state index is 0.366. The number of hydrogen-bond donors (Lipinski definition) is 0. The van der Waals surface area contributed by atoms with Crippen molar-refractivity contribution in [1.29, 1.82) is 0 Å². The highest BCUT2D eigenvalue weighted by Crippen LogP contribution is 2.25. The fraction of sp³-hybridized carbons (Fsp3) is 0.700. The van der Waals surface area contributed by atoms with Gasteiger partial charge in [0.05, 0.1) is 0 Å². The maximum absolute atomic E-state index is 4.34.